The normalized spacial score (nSPS) is 16.2. The average molecular weight is 324 g/mol. The lowest BCUT2D eigenvalue weighted by molar-refractivity contribution is 0.0948. The van der Waals surface area contributed by atoms with Gasteiger partial charge in [-0.25, -0.2) is 8.42 Å². The van der Waals surface area contributed by atoms with Gasteiger partial charge in [-0.15, -0.1) is 0 Å². The molecule has 0 unspecified atom stereocenters. The Hall–Kier alpha value is -1.40. The highest BCUT2D eigenvalue weighted by molar-refractivity contribution is 7.89. The standard InChI is InChI=1S/C16H24N2O3S/c1-12(2)11-17-16(19)15-10-14(7-6-13(15)3)22(20,21)18-8-4-5-9-18/h6-7,10,12H,4-5,8-9,11H2,1-3H3,(H,17,19). The number of sulfonamides is 1. The van der Waals surface area contributed by atoms with Gasteiger partial charge in [0.1, 0.15) is 0 Å². The van der Waals surface area contributed by atoms with Crippen LogP contribution in [0.25, 0.3) is 0 Å². The van der Waals surface area contributed by atoms with Gasteiger partial charge in [-0.05, 0) is 43.4 Å². The predicted molar refractivity (Wildman–Crippen MR) is 86.3 cm³/mol. The van der Waals surface area contributed by atoms with Gasteiger partial charge in [0, 0.05) is 25.2 Å². The van der Waals surface area contributed by atoms with E-state index in [0.29, 0.717) is 31.1 Å². The molecule has 1 aromatic carbocycles. The maximum atomic E-state index is 12.6. The fourth-order valence-electron chi connectivity index (χ4n) is 2.48. The van der Waals surface area contributed by atoms with Crippen LogP contribution in [0.1, 0.15) is 42.6 Å². The van der Waals surface area contributed by atoms with E-state index in [9.17, 15) is 13.2 Å². The van der Waals surface area contributed by atoms with Crippen LogP contribution in [0.4, 0.5) is 0 Å². The molecule has 1 heterocycles. The summed E-state index contributed by atoms with van der Waals surface area (Å²) >= 11 is 0. The summed E-state index contributed by atoms with van der Waals surface area (Å²) in [6.45, 7) is 7.54. The Kier molecular flexibility index (Phi) is 5.24. The van der Waals surface area contributed by atoms with Gasteiger partial charge in [0.25, 0.3) is 5.91 Å². The molecular formula is C16H24N2O3S. The second-order valence-corrected chi connectivity index (χ2v) is 8.13. The second kappa shape index (κ2) is 6.79. The molecule has 22 heavy (non-hydrogen) atoms. The highest BCUT2D eigenvalue weighted by Gasteiger charge is 2.28. The maximum absolute atomic E-state index is 12.6. The van der Waals surface area contributed by atoms with Crippen molar-refractivity contribution in [3.05, 3.63) is 29.3 Å². The Labute approximate surface area is 132 Å². The number of aryl methyl sites for hydroxylation is 1. The molecule has 0 saturated carbocycles. The minimum absolute atomic E-state index is 0.203. The van der Waals surface area contributed by atoms with Gasteiger partial charge < -0.3 is 5.32 Å². The summed E-state index contributed by atoms with van der Waals surface area (Å²) in [4.78, 5) is 12.5. The lowest BCUT2D eigenvalue weighted by Crippen LogP contribution is -2.30. The number of carbonyl (C=O) groups excluding carboxylic acids is 1. The highest BCUT2D eigenvalue weighted by Crippen LogP contribution is 2.23. The quantitative estimate of drug-likeness (QED) is 0.902. The first-order chi connectivity index (χ1) is 10.3. The van der Waals surface area contributed by atoms with Crippen LogP contribution in [0.5, 0.6) is 0 Å². The predicted octanol–water partition coefficient (Wildman–Crippen LogP) is 2.17. The number of benzene rings is 1. The molecule has 0 bridgehead atoms. The molecule has 1 N–H and O–H groups in total. The fourth-order valence-corrected chi connectivity index (χ4v) is 4.02. The summed E-state index contributed by atoms with van der Waals surface area (Å²) in [6.07, 6.45) is 1.79. The maximum Gasteiger partial charge on any atom is 0.251 e. The topological polar surface area (TPSA) is 66.5 Å². The second-order valence-electron chi connectivity index (χ2n) is 6.19. The van der Waals surface area contributed by atoms with Crippen molar-refractivity contribution in [1.29, 1.82) is 0 Å². The van der Waals surface area contributed by atoms with E-state index >= 15 is 0 Å². The van der Waals surface area contributed by atoms with E-state index in [0.717, 1.165) is 18.4 Å². The van der Waals surface area contributed by atoms with Crippen molar-refractivity contribution in [1.82, 2.24) is 9.62 Å². The van der Waals surface area contributed by atoms with Crippen LogP contribution in [0, 0.1) is 12.8 Å². The van der Waals surface area contributed by atoms with Crippen LogP contribution in [-0.2, 0) is 10.0 Å². The average Bonchev–Trinajstić information content (AvgIpc) is 2.99. The fraction of sp³-hybridized carbons (Fsp3) is 0.562. The van der Waals surface area contributed by atoms with Crippen molar-refractivity contribution >= 4 is 15.9 Å². The lowest BCUT2D eigenvalue weighted by atomic mass is 10.1. The number of nitrogens with zero attached hydrogens (tertiary/aromatic N) is 1. The summed E-state index contributed by atoms with van der Waals surface area (Å²) in [5.74, 6) is 0.130. The van der Waals surface area contributed by atoms with E-state index in [2.05, 4.69) is 5.32 Å². The molecule has 1 amide bonds. The number of amides is 1. The van der Waals surface area contributed by atoms with E-state index in [1.54, 1.807) is 12.1 Å². The molecule has 0 aromatic heterocycles. The van der Waals surface area contributed by atoms with E-state index in [1.807, 2.05) is 20.8 Å². The van der Waals surface area contributed by atoms with Crippen molar-refractivity contribution in [2.45, 2.75) is 38.5 Å². The summed E-state index contributed by atoms with van der Waals surface area (Å²) < 4.78 is 26.7. The number of rotatable bonds is 5. The minimum atomic E-state index is -3.49. The molecule has 1 fully saturated rings. The third-order valence-electron chi connectivity index (χ3n) is 3.83. The molecule has 1 saturated heterocycles. The first kappa shape index (κ1) is 17.0. The van der Waals surface area contributed by atoms with Gasteiger partial charge in [0.05, 0.1) is 4.90 Å². The van der Waals surface area contributed by atoms with E-state index in [1.165, 1.54) is 10.4 Å². The van der Waals surface area contributed by atoms with Gasteiger partial charge in [-0.3, -0.25) is 4.79 Å². The van der Waals surface area contributed by atoms with E-state index in [-0.39, 0.29) is 10.8 Å². The number of hydrogen-bond acceptors (Lipinski definition) is 3. The van der Waals surface area contributed by atoms with Gasteiger partial charge in [0.2, 0.25) is 10.0 Å². The molecule has 1 aliphatic heterocycles. The van der Waals surface area contributed by atoms with Gasteiger partial charge >= 0.3 is 0 Å². The molecule has 6 heteroatoms. The molecule has 0 atom stereocenters. The third-order valence-corrected chi connectivity index (χ3v) is 5.72. The van der Waals surface area contributed by atoms with Crippen LogP contribution in [0.15, 0.2) is 23.1 Å². The summed E-state index contributed by atoms with van der Waals surface area (Å²) in [5, 5.41) is 2.84. The van der Waals surface area contributed by atoms with Crippen LogP contribution < -0.4 is 5.32 Å². The molecule has 5 nitrogen and oxygen atoms in total. The zero-order chi connectivity index (χ0) is 16.3. The Bertz CT molecular complexity index is 647. The lowest BCUT2D eigenvalue weighted by Gasteiger charge is -2.17. The highest BCUT2D eigenvalue weighted by atomic mass is 32.2. The summed E-state index contributed by atoms with van der Waals surface area (Å²) in [6, 6.07) is 4.79. The Morgan fingerprint density at radius 3 is 2.50 bits per heavy atom. The van der Waals surface area contributed by atoms with Crippen molar-refractivity contribution < 1.29 is 13.2 Å². The molecular weight excluding hydrogens is 300 g/mol. The van der Waals surface area contributed by atoms with Crippen molar-refractivity contribution in [3.63, 3.8) is 0 Å². The number of nitrogens with one attached hydrogen (secondary N) is 1. The van der Waals surface area contributed by atoms with Crippen molar-refractivity contribution in [2.75, 3.05) is 19.6 Å². The number of hydrogen-bond donors (Lipinski definition) is 1. The molecule has 1 aromatic rings. The van der Waals surface area contributed by atoms with Gasteiger partial charge in [-0.2, -0.15) is 4.31 Å². The summed E-state index contributed by atoms with van der Waals surface area (Å²) in [5.41, 5.74) is 1.21. The van der Waals surface area contributed by atoms with Crippen molar-refractivity contribution in [3.8, 4) is 0 Å². The molecule has 122 valence electrons. The Morgan fingerprint density at radius 2 is 1.91 bits per heavy atom. The van der Waals surface area contributed by atoms with Gasteiger partial charge in [0.15, 0.2) is 0 Å². The minimum Gasteiger partial charge on any atom is -0.352 e. The van der Waals surface area contributed by atoms with Crippen LogP contribution in [-0.4, -0.2) is 38.3 Å². The smallest absolute Gasteiger partial charge is 0.251 e. The van der Waals surface area contributed by atoms with E-state index in [4.69, 9.17) is 0 Å². The molecule has 0 spiro atoms. The Morgan fingerprint density at radius 1 is 1.27 bits per heavy atom. The first-order valence-corrected chi connectivity index (χ1v) is 9.15. The van der Waals surface area contributed by atoms with Crippen molar-refractivity contribution in [2.24, 2.45) is 5.92 Å². The number of carbonyl (C=O) groups is 1. The Balaban J connectivity index is 2.28. The zero-order valence-corrected chi connectivity index (χ0v) is 14.2. The van der Waals surface area contributed by atoms with E-state index < -0.39 is 10.0 Å². The third kappa shape index (κ3) is 3.67. The first-order valence-electron chi connectivity index (χ1n) is 7.71. The summed E-state index contributed by atoms with van der Waals surface area (Å²) in [7, 11) is -3.49. The van der Waals surface area contributed by atoms with Crippen LogP contribution in [0.3, 0.4) is 0 Å². The van der Waals surface area contributed by atoms with Crippen LogP contribution in [0.2, 0.25) is 0 Å². The zero-order valence-electron chi connectivity index (χ0n) is 13.4. The largest absolute Gasteiger partial charge is 0.352 e. The monoisotopic (exact) mass is 324 g/mol. The van der Waals surface area contributed by atoms with Gasteiger partial charge in [-0.1, -0.05) is 19.9 Å². The molecule has 1 aliphatic rings. The SMILES string of the molecule is Cc1ccc(S(=O)(=O)N2CCCC2)cc1C(=O)NCC(C)C. The molecule has 0 radical (unpaired) electrons. The molecule has 2 rings (SSSR count). The molecule has 0 aliphatic carbocycles. The van der Waals surface area contributed by atoms with Crippen LogP contribution >= 0.6 is 0 Å².